The van der Waals surface area contributed by atoms with Crippen LogP contribution in [0.3, 0.4) is 0 Å². The molecule has 0 aromatic heterocycles. The van der Waals surface area contributed by atoms with Gasteiger partial charge in [-0.15, -0.1) is 0 Å². The van der Waals surface area contributed by atoms with E-state index >= 15 is 0 Å². The second-order valence-electron chi connectivity index (χ2n) is 2.27. The summed E-state index contributed by atoms with van der Waals surface area (Å²) in [6.45, 7) is 5.03. The quantitative estimate of drug-likeness (QED) is 0.434. The zero-order valence-corrected chi connectivity index (χ0v) is 5.48. The van der Waals surface area contributed by atoms with Gasteiger partial charge in [-0.25, -0.2) is 0 Å². The summed E-state index contributed by atoms with van der Waals surface area (Å²) in [5.74, 6) is 0. The van der Waals surface area contributed by atoms with Crippen LogP contribution in [0, 0.1) is 0 Å². The molecule has 8 heavy (non-hydrogen) atoms. The molecule has 1 nitrogen and oxygen atoms in total. The van der Waals surface area contributed by atoms with Gasteiger partial charge in [0.25, 0.3) is 0 Å². The van der Waals surface area contributed by atoms with Gasteiger partial charge in [-0.1, -0.05) is 6.08 Å². The van der Waals surface area contributed by atoms with E-state index < -0.39 is 0 Å². The molecule has 0 aromatic rings. The molecule has 1 rings (SSSR count). The molecule has 1 aliphatic rings. The molecule has 0 saturated carbocycles. The Labute approximate surface area is 50.3 Å². The first-order chi connectivity index (χ1) is 3.83. The molecule has 1 unspecified atom stereocenters. The van der Waals surface area contributed by atoms with Gasteiger partial charge < -0.3 is 4.74 Å². The van der Waals surface area contributed by atoms with Crippen LogP contribution in [0.15, 0.2) is 11.6 Å². The van der Waals surface area contributed by atoms with Gasteiger partial charge in [-0.3, -0.25) is 0 Å². The Balaban J connectivity index is 2.44. The summed E-state index contributed by atoms with van der Waals surface area (Å²) < 4.78 is 5.29. The molecule has 0 radical (unpaired) electrons. The molecule has 1 fully saturated rings. The van der Waals surface area contributed by atoms with Crippen molar-refractivity contribution in [2.45, 2.75) is 26.4 Å². The van der Waals surface area contributed by atoms with E-state index in [2.05, 4.69) is 19.9 Å². The number of allylic oxidation sites excluding steroid dienone is 1. The third-order valence-corrected chi connectivity index (χ3v) is 1.51. The summed E-state index contributed by atoms with van der Waals surface area (Å²) in [5.41, 5.74) is 1.44. The molecule has 0 spiro atoms. The third kappa shape index (κ3) is 1.10. The summed E-state index contributed by atoms with van der Waals surface area (Å²) >= 11 is 0. The predicted molar refractivity (Wildman–Crippen MR) is 33.8 cm³/mol. The van der Waals surface area contributed by atoms with Crippen molar-refractivity contribution in [3.63, 3.8) is 0 Å². The van der Waals surface area contributed by atoms with E-state index in [9.17, 15) is 0 Å². The van der Waals surface area contributed by atoms with Gasteiger partial charge in [0.05, 0.1) is 12.7 Å². The highest BCUT2D eigenvalue weighted by molar-refractivity contribution is 5.05. The Bertz CT molecular complexity index is 105. The first-order valence-corrected chi connectivity index (χ1v) is 3.08. The van der Waals surface area contributed by atoms with Gasteiger partial charge in [-0.2, -0.15) is 0 Å². The lowest BCUT2D eigenvalue weighted by atomic mass is 10.2. The monoisotopic (exact) mass is 112 g/mol. The Kier molecular flexibility index (Phi) is 1.69. The molecule has 0 bridgehead atoms. The highest BCUT2D eigenvalue weighted by Crippen LogP contribution is 2.16. The number of rotatable bonds is 0. The Morgan fingerprint density at radius 2 is 2.50 bits per heavy atom. The molecule has 1 heterocycles. The van der Waals surface area contributed by atoms with E-state index in [1.807, 2.05) is 0 Å². The van der Waals surface area contributed by atoms with Gasteiger partial charge in [0.1, 0.15) is 0 Å². The number of ether oxygens (including phenoxy) is 1. The number of hydrogen-bond donors (Lipinski definition) is 0. The maximum atomic E-state index is 5.29. The molecule has 0 aliphatic carbocycles. The summed E-state index contributed by atoms with van der Waals surface area (Å²) in [7, 11) is 0. The lowest BCUT2D eigenvalue weighted by Gasteiger charge is -1.93. The van der Waals surface area contributed by atoms with Crippen molar-refractivity contribution in [2.24, 2.45) is 0 Å². The molecule has 0 aromatic carbocycles. The molecule has 0 amide bonds. The Morgan fingerprint density at radius 3 is 2.75 bits per heavy atom. The molecule has 1 heteroatoms. The zero-order valence-electron chi connectivity index (χ0n) is 5.48. The fourth-order valence-electron chi connectivity index (χ4n) is 0.938. The topological polar surface area (TPSA) is 9.23 Å². The number of hydrogen-bond acceptors (Lipinski definition) is 1. The van der Waals surface area contributed by atoms with Gasteiger partial charge in [0, 0.05) is 0 Å². The fourth-order valence-corrected chi connectivity index (χ4v) is 0.938. The zero-order chi connectivity index (χ0) is 5.98. The van der Waals surface area contributed by atoms with Gasteiger partial charge >= 0.3 is 0 Å². The van der Waals surface area contributed by atoms with Crippen molar-refractivity contribution < 1.29 is 4.74 Å². The van der Waals surface area contributed by atoms with Crippen LogP contribution in [0.25, 0.3) is 0 Å². The highest BCUT2D eigenvalue weighted by Gasteiger charge is 2.13. The van der Waals surface area contributed by atoms with Gasteiger partial charge in [-0.05, 0) is 25.8 Å². The highest BCUT2D eigenvalue weighted by atomic mass is 16.5. The van der Waals surface area contributed by atoms with Crippen molar-refractivity contribution in [1.82, 2.24) is 0 Å². The van der Waals surface area contributed by atoms with Crippen LogP contribution >= 0.6 is 0 Å². The van der Waals surface area contributed by atoms with E-state index in [1.54, 1.807) is 0 Å². The average molecular weight is 112 g/mol. The van der Waals surface area contributed by atoms with E-state index in [0.29, 0.717) is 6.10 Å². The molecule has 46 valence electrons. The fraction of sp³-hybridized carbons (Fsp3) is 0.714. The van der Waals surface area contributed by atoms with Crippen molar-refractivity contribution in [3.05, 3.63) is 11.6 Å². The van der Waals surface area contributed by atoms with Crippen molar-refractivity contribution in [1.29, 1.82) is 0 Å². The smallest absolute Gasteiger partial charge is 0.0681 e. The second-order valence-corrected chi connectivity index (χ2v) is 2.27. The Hall–Kier alpha value is -0.300. The summed E-state index contributed by atoms with van der Waals surface area (Å²) in [5, 5.41) is 0. The van der Waals surface area contributed by atoms with E-state index in [0.717, 1.165) is 13.0 Å². The van der Waals surface area contributed by atoms with Crippen LogP contribution in [-0.2, 0) is 4.74 Å². The summed E-state index contributed by atoms with van der Waals surface area (Å²) in [4.78, 5) is 0. The van der Waals surface area contributed by atoms with Crippen LogP contribution in [-0.4, -0.2) is 12.7 Å². The molecular weight excluding hydrogens is 100 g/mol. The third-order valence-electron chi connectivity index (χ3n) is 1.51. The first-order valence-electron chi connectivity index (χ1n) is 3.08. The van der Waals surface area contributed by atoms with Crippen LogP contribution in [0.4, 0.5) is 0 Å². The largest absolute Gasteiger partial charge is 0.374 e. The van der Waals surface area contributed by atoms with Crippen LogP contribution in [0.5, 0.6) is 0 Å². The van der Waals surface area contributed by atoms with Crippen LogP contribution < -0.4 is 0 Å². The van der Waals surface area contributed by atoms with Crippen LogP contribution in [0.2, 0.25) is 0 Å². The maximum Gasteiger partial charge on any atom is 0.0681 e. The van der Waals surface area contributed by atoms with Gasteiger partial charge in [0.15, 0.2) is 0 Å². The lowest BCUT2D eigenvalue weighted by molar-refractivity contribution is 0.128. The molecular formula is C7H12O. The van der Waals surface area contributed by atoms with Gasteiger partial charge in [0.2, 0.25) is 0 Å². The minimum absolute atomic E-state index is 0.459. The van der Waals surface area contributed by atoms with E-state index in [-0.39, 0.29) is 0 Å². The standard InChI is InChI=1S/C7H12O/c1-3-7-4-6(2)8-5-7/h3,6H,4-5H2,1-2H3/b7-3-. The minimum Gasteiger partial charge on any atom is -0.374 e. The molecule has 1 atom stereocenters. The van der Waals surface area contributed by atoms with Crippen LogP contribution in [0.1, 0.15) is 20.3 Å². The summed E-state index contributed by atoms with van der Waals surface area (Å²) in [6, 6.07) is 0. The lowest BCUT2D eigenvalue weighted by Crippen LogP contribution is -1.94. The SMILES string of the molecule is C/C=C1\COC(C)C1. The normalized spacial score (nSPS) is 34.2. The maximum absolute atomic E-state index is 5.29. The van der Waals surface area contributed by atoms with E-state index in [1.165, 1.54) is 5.57 Å². The molecule has 1 saturated heterocycles. The summed E-state index contributed by atoms with van der Waals surface area (Å²) in [6.07, 6.45) is 3.74. The molecule has 0 N–H and O–H groups in total. The average Bonchev–Trinajstić information content (AvgIpc) is 2.14. The minimum atomic E-state index is 0.459. The Morgan fingerprint density at radius 1 is 1.75 bits per heavy atom. The van der Waals surface area contributed by atoms with Crippen molar-refractivity contribution >= 4 is 0 Å². The van der Waals surface area contributed by atoms with E-state index in [4.69, 9.17) is 4.74 Å². The molecule has 1 aliphatic heterocycles. The van der Waals surface area contributed by atoms with Crippen molar-refractivity contribution in [3.8, 4) is 0 Å². The first kappa shape index (κ1) is 5.83. The second kappa shape index (κ2) is 2.31. The predicted octanol–water partition coefficient (Wildman–Crippen LogP) is 1.74. The van der Waals surface area contributed by atoms with Crippen molar-refractivity contribution in [2.75, 3.05) is 6.61 Å².